The van der Waals surface area contributed by atoms with Gasteiger partial charge in [0.2, 0.25) is 0 Å². The Hall–Kier alpha value is -0.780. The second-order valence-corrected chi connectivity index (χ2v) is 4.22. The molecule has 0 unspecified atom stereocenters. The molecule has 0 bridgehead atoms. The van der Waals surface area contributed by atoms with Crippen LogP contribution >= 0.6 is 0 Å². The second-order valence-electron chi connectivity index (χ2n) is 4.22. The van der Waals surface area contributed by atoms with Gasteiger partial charge in [0.05, 0.1) is 0 Å². The van der Waals surface area contributed by atoms with Crippen LogP contribution in [0.1, 0.15) is 41.2 Å². The number of rotatable bonds is 1. The molecule has 0 saturated carbocycles. The summed E-state index contributed by atoms with van der Waals surface area (Å²) in [6.07, 6.45) is 1.16. The second kappa shape index (κ2) is 5.80. The lowest BCUT2D eigenvalue weighted by molar-refractivity contribution is 0.411. The summed E-state index contributed by atoms with van der Waals surface area (Å²) in [6.45, 7) is 6.79. The molecule has 0 fully saturated rings. The topological polar surface area (TPSA) is 0 Å². The fourth-order valence-electron chi connectivity index (χ4n) is 1.21. The van der Waals surface area contributed by atoms with Crippen molar-refractivity contribution < 1.29 is 0 Å². The highest BCUT2D eigenvalue weighted by atomic mass is 14.1. The molecule has 0 saturated heterocycles. The zero-order chi connectivity index (χ0) is 8.32. The highest BCUT2D eigenvalue weighted by molar-refractivity contribution is 5.15. The van der Waals surface area contributed by atoms with Gasteiger partial charge in [0.1, 0.15) is 0 Å². The van der Waals surface area contributed by atoms with Gasteiger partial charge in [-0.15, -0.1) is 0 Å². The molecule has 0 atom stereocenters. The highest BCUT2D eigenvalue weighted by Crippen LogP contribution is 2.19. The van der Waals surface area contributed by atoms with E-state index in [0.29, 0.717) is 5.41 Å². The van der Waals surface area contributed by atoms with E-state index < -0.39 is 0 Å². The average Bonchev–Trinajstić information content (AvgIpc) is 1.85. The lowest BCUT2D eigenvalue weighted by Gasteiger charge is -2.17. The molecule has 0 nitrogen and oxygen atoms in total. The van der Waals surface area contributed by atoms with Crippen LogP contribution < -0.4 is 0 Å². The van der Waals surface area contributed by atoms with Crippen LogP contribution in [0.15, 0.2) is 30.3 Å². The van der Waals surface area contributed by atoms with Crippen molar-refractivity contribution in [2.45, 2.75) is 42.0 Å². The van der Waals surface area contributed by atoms with Gasteiger partial charge in [-0.2, -0.15) is 0 Å². The predicted molar refractivity (Wildman–Crippen MR) is 63.1 cm³/mol. The third-order valence-electron chi connectivity index (χ3n) is 1.58. The van der Waals surface area contributed by atoms with E-state index in [1.54, 1.807) is 0 Å². The standard InChI is InChI=1S/C11H16.2CH4/c1-11(2,3)9-10-7-5-4-6-8-10;;/h4-8H,9H2,1-3H3;2*1H4. The smallest absolute Gasteiger partial charge is 0.0230 e. The molecule has 0 heterocycles. The zero-order valence-corrected chi connectivity index (χ0v) is 7.59. The molecule has 0 aliphatic heterocycles. The molecule has 0 amide bonds. The summed E-state index contributed by atoms with van der Waals surface area (Å²) >= 11 is 0. The summed E-state index contributed by atoms with van der Waals surface area (Å²) in [5.41, 5.74) is 1.83. The van der Waals surface area contributed by atoms with E-state index in [1.165, 1.54) is 5.56 Å². The largest absolute Gasteiger partial charge is 0.0776 e. The Kier molecular flexibility index (Phi) is 6.57. The molecule has 0 N–H and O–H groups in total. The van der Waals surface area contributed by atoms with Gasteiger partial charge >= 0.3 is 0 Å². The Morgan fingerprint density at radius 1 is 0.923 bits per heavy atom. The van der Waals surface area contributed by atoms with Crippen LogP contribution in [0, 0.1) is 5.41 Å². The van der Waals surface area contributed by atoms with E-state index in [0.717, 1.165) is 6.42 Å². The fraction of sp³-hybridized carbons (Fsp3) is 0.538. The van der Waals surface area contributed by atoms with Crippen molar-refractivity contribution in [3.63, 3.8) is 0 Å². The molecule has 0 radical (unpaired) electrons. The van der Waals surface area contributed by atoms with Gasteiger partial charge in [-0.05, 0) is 17.4 Å². The summed E-state index contributed by atoms with van der Waals surface area (Å²) in [7, 11) is 0. The molecule has 0 heteroatoms. The minimum atomic E-state index is 0. The number of benzene rings is 1. The van der Waals surface area contributed by atoms with Crippen LogP contribution in [0.5, 0.6) is 0 Å². The van der Waals surface area contributed by atoms with Gasteiger partial charge in [-0.1, -0.05) is 66.0 Å². The van der Waals surface area contributed by atoms with Crippen molar-refractivity contribution in [2.75, 3.05) is 0 Å². The SMILES string of the molecule is C.C.CC(C)(C)Cc1ccccc1. The Morgan fingerprint density at radius 3 is 1.77 bits per heavy atom. The normalized spacial score (nSPS) is 9.77. The first-order valence-electron chi connectivity index (χ1n) is 4.12. The maximum atomic E-state index is 2.26. The van der Waals surface area contributed by atoms with Gasteiger partial charge in [-0.3, -0.25) is 0 Å². The van der Waals surface area contributed by atoms with Crippen LogP contribution in [0.3, 0.4) is 0 Å². The van der Waals surface area contributed by atoms with Crippen molar-refractivity contribution >= 4 is 0 Å². The third-order valence-corrected chi connectivity index (χ3v) is 1.58. The Bertz CT molecular complexity index is 203. The molecule has 0 aliphatic rings. The van der Waals surface area contributed by atoms with Gasteiger partial charge in [-0.25, -0.2) is 0 Å². The van der Waals surface area contributed by atoms with Crippen molar-refractivity contribution in [1.82, 2.24) is 0 Å². The van der Waals surface area contributed by atoms with Crippen molar-refractivity contribution in [3.8, 4) is 0 Å². The van der Waals surface area contributed by atoms with E-state index in [1.807, 2.05) is 0 Å². The van der Waals surface area contributed by atoms with E-state index in [9.17, 15) is 0 Å². The number of hydrogen-bond donors (Lipinski definition) is 0. The van der Waals surface area contributed by atoms with Crippen LogP contribution in [0.2, 0.25) is 0 Å². The molecular formula is C13H24. The van der Waals surface area contributed by atoms with Crippen LogP contribution in [0.4, 0.5) is 0 Å². The summed E-state index contributed by atoms with van der Waals surface area (Å²) in [4.78, 5) is 0. The van der Waals surface area contributed by atoms with Crippen LogP contribution in [0.25, 0.3) is 0 Å². The van der Waals surface area contributed by atoms with Crippen molar-refractivity contribution in [2.24, 2.45) is 5.41 Å². The van der Waals surface area contributed by atoms with E-state index >= 15 is 0 Å². The molecule has 1 rings (SSSR count). The maximum Gasteiger partial charge on any atom is -0.0230 e. The minimum Gasteiger partial charge on any atom is -0.0776 e. The summed E-state index contributed by atoms with van der Waals surface area (Å²) in [6, 6.07) is 10.6. The van der Waals surface area contributed by atoms with Gasteiger partial charge < -0.3 is 0 Å². The average molecular weight is 180 g/mol. The Morgan fingerprint density at radius 2 is 1.38 bits per heavy atom. The predicted octanol–water partition coefficient (Wildman–Crippen LogP) is 4.55. The maximum absolute atomic E-state index is 2.26. The Labute approximate surface area is 84.0 Å². The Balaban J connectivity index is 0. The first-order valence-corrected chi connectivity index (χ1v) is 4.12. The fourth-order valence-corrected chi connectivity index (χ4v) is 1.21. The van der Waals surface area contributed by atoms with E-state index in [2.05, 4.69) is 51.1 Å². The molecule has 1 aromatic carbocycles. The summed E-state index contributed by atoms with van der Waals surface area (Å²) in [5.74, 6) is 0. The molecule has 1 aromatic rings. The van der Waals surface area contributed by atoms with Crippen molar-refractivity contribution in [3.05, 3.63) is 35.9 Å². The monoisotopic (exact) mass is 180 g/mol. The lowest BCUT2D eigenvalue weighted by Crippen LogP contribution is -2.08. The van der Waals surface area contributed by atoms with Crippen molar-refractivity contribution in [1.29, 1.82) is 0 Å². The lowest BCUT2D eigenvalue weighted by atomic mass is 9.88. The summed E-state index contributed by atoms with van der Waals surface area (Å²) < 4.78 is 0. The minimum absolute atomic E-state index is 0. The highest BCUT2D eigenvalue weighted by Gasteiger charge is 2.09. The van der Waals surface area contributed by atoms with Gasteiger partial charge in [0, 0.05) is 0 Å². The molecule has 0 aromatic heterocycles. The molecule has 13 heavy (non-hydrogen) atoms. The van der Waals surface area contributed by atoms with Crippen LogP contribution in [-0.4, -0.2) is 0 Å². The number of hydrogen-bond acceptors (Lipinski definition) is 0. The summed E-state index contributed by atoms with van der Waals surface area (Å²) in [5, 5.41) is 0. The van der Waals surface area contributed by atoms with Gasteiger partial charge in [0.15, 0.2) is 0 Å². The third kappa shape index (κ3) is 6.39. The van der Waals surface area contributed by atoms with Gasteiger partial charge in [0.25, 0.3) is 0 Å². The zero-order valence-electron chi connectivity index (χ0n) is 7.59. The van der Waals surface area contributed by atoms with E-state index in [-0.39, 0.29) is 14.9 Å². The first-order chi connectivity index (χ1) is 5.08. The molecule has 0 aliphatic carbocycles. The molecular weight excluding hydrogens is 156 g/mol. The molecule has 0 spiro atoms. The quantitative estimate of drug-likeness (QED) is 0.595. The first kappa shape index (κ1) is 14.7. The molecule has 76 valence electrons. The van der Waals surface area contributed by atoms with Crippen LogP contribution in [-0.2, 0) is 6.42 Å². The van der Waals surface area contributed by atoms with E-state index in [4.69, 9.17) is 0 Å².